The van der Waals surface area contributed by atoms with Crippen molar-refractivity contribution in [3.63, 3.8) is 0 Å². The molecule has 0 amide bonds. The fourth-order valence-electron chi connectivity index (χ4n) is 7.57. The van der Waals surface area contributed by atoms with Crippen molar-refractivity contribution >= 4 is 77.9 Å². The molecule has 0 unspecified atom stereocenters. The van der Waals surface area contributed by atoms with Gasteiger partial charge in [-0.25, -0.2) is 0 Å². The number of fused-ring (bicyclic) bond motifs is 7. The summed E-state index contributed by atoms with van der Waals surface area (Å²) in [7, 11) is -1.38. The van der Waals surface area contributed by atoms with E-state index >= 15 is 0 Å². The molecule has 0 aromatic heterocycles. The summed E-state index contributed by atoms with van der Waals surface area (Å²) in [6, 6.07) is 48.1. The molecule has 1 heteroatoms. The highest BCUT2D eigenvalue weighted by atomic mass is 28.3. The third-order valence-electron chi connectivity index (χ3n) is 9.48. The Morgan fingerprint density at radius 3 is 1.67 bits per heavy atom. The normalized spacial score (nSPS) is 12.6. The third kappa shape index (κ3) is 3.17. The van der Waals surface area contributed by atoms with E-state index in [4.69, 9.17) is 0 Å². The van der Waals surface area contributed by atoms with Crippen LogP contribution in [-0.2, 0) is 0 Å². The highest BCUT2D eigenvalue weighted by Gasteiger charge is 2.25. The summed E-state index contributed by atoms with van der Waals surface area (Å²) < 4.78 is 0. The highest BCUT2D eigenvalue weighted by Crippen LogP contribution is 2.53. The first kappa shape index (κ1) is 23.9. The van der Waals surface area contributed by atoms with Gasteiger partial charge in [-0.2, -0.15) is 0 Å². The molecule has 0 aliphatic heterocycles. The monoisotopic (exact) mass is 550 g/mol. The van der Waals surface area contributed by atoms with Crippen LogP contribution >= 0.6 is 0 Å². The zero-order valence-electron chi connectivity index (χ0n) is 24.1. The summed E-state index contributed by atoms with van der Waals surface area (Å²) in [6.07, 6.45) is 0. The fourth-order valence-corrected chi connectivity index (χ4v) is 8.73. The Labute approximate surface area is 246 Å². The van der Waals surface area contributed by atoms with Gasteiger partial charge in [-0.15, -0.1) is 0 Å². The van der Waals surface area contributed by atoms with Crippen LogP contribution in [0.2, 0.25) is 19.6 Å². The topological polar surface area (TPSA) is 0 Å². The van der Waals surface area contributed by atoms with Crippen LogP contribution in [0, 0.1) is 0 Å². The molecule has 9 rings (SSSR count). The first-order valence-corrected chi connectivity index (χ1v) is 18.5. The van der Waals surface area contributed by atoms with Crippen LogP contribution in [0.3, 0.4) is 0 Å². The zero-order chi connectivity index (χ0) is 28.2. The maximum absolute atomic E-state index is 2.48. The maximum Gasteiger partial charge on any atom is 0.0775 e. The van der Waals surface area contributed by atoms with Crippen molar-refractivity contribution in [3.8, 4) is 22.3 Å². The molecule has 0 bridgehead atoms. The maximum atomic E-state index is 2.48. The molecule has 9 aromatic rings. The standard InChI is InChI=1S/C41H30Si/c1-42(2,3)29-21-19-25(20-22-29)28-23-34-30-15-7-8-16-31(30)39-38(34)35(24-28)37(27-11-5-4-6-12-27)40-32-17-9-13-26-14-10-18-33(36(26)32)41(39)40/h4-24H,1-3H3. The van der Waals surface area contributed by atoms with Gasteiger partial charge >= 0.3 is 0 Å². The van der Waals surface area contributed by atoms with Crippen LogP contribution in [0.25, 0.3) is 86.9 Å². The molecule has 0 aliphatic carbocycles. The zero-order valence-corrected chi connectivity index (χ0v) is 25.1. The van der Waals surface area contributed by atoms with Crippen molar-refractivity contribution in [1.29, 1.82) is 0 Å². The molecule has 0 heterocycles. The molecule has 0 saturated carbocycles. The Hall–Kier alpha value is -4.72. The van der Waals surface area contributed by atoms with Crippen molar-refractivity contribution in [1.82, 2.24) is 0 Å². The average Bonchev–Trinajstić information content (AvgIpc) is 3.52. The van der Waals surface area contributed by atoms with Gasteiger partial charge in [0.15, 0.2) is 0 Å². The molecule has 0 radical (unpaired) electrons. The van der Waals surface area contributed by atoms with Gasteiger partial charge in [0.1, 0.15) is 0 Å². The molecule has 42 heavy (non-hydrogen) atoms. The molecule has 0 aliphatic rings. The number of rotatable bonds is 3. The van der Waals surface area contributed by atoms with Crippen molar-refractivity contribution in [2.45, 2.75) is 19.6 Å². The second-order valence-corrected chi connectivity index (χ2v) is 18.0. The molecule has 0 spiro atoms. The van der Waals surface area contributed by atoms with E-state index in [1.807, 2.05) is 0 Å². The number of hydrogen-bond donors (Lipinski definition) is 0. The van der Waals surface area contributed by atoms with Gasteiger partial charge in [-0.3, -0.25) is 0 Å². The van der Waals surface area contributed by atoms with E-state index in [9.17, 15) is 0 Å². The fraction of sp³-hybridized carbons (Fsp3) is 0.0732. The lowest BCUT2D eigenvalue weighted by molar-refractivity contribution is 1.65. The first-order chi connectivity index (χ1) is 20.5. The van der Waals surface area contributed by atoms with Gasteiger partial charge in [0.25, 0.3) is 0 Å². The predicted octanol–water partition coefficient (Wildman–Crippen LogP) is 11.4. The molecule has 0 nitrogen and oxygen atoms in total. The lowest BCUT2D eigenvalue weighted by Gasteiger charge is -2.17. The minimum Gasteiger partial charge on any atom is -0.0656 e. The third-order valence-corrected chi connectivity index (χ3v) is 11.5. The van der Waals surface area contributed by atoms with Crippen LogP contribution in [0.1, 0.15) is 0 Å². The summed E-state index contributed by atoms with van der Waals surface area (Å²) in [5.74, 6) is 0. The molecular weight excluding hydrogens is 521 g/mol. The van der Waals surface area contributed by atoms with E-state index in [-0.39, 0.29) is 0 Å². The Morgan fingerprint density at radius 2 is 0.952 bits per heavy atom. The van der Waals surface area contributed by atoms with Gasteiger partial charge in [0.05, 0.1) is 8.07 Å². The largest absolute Gasteiger partial charge is 0.0775 e. The smallest absolute Gasteiger partial charge is 0.0656 e. The Morgan fingerprint density at radius 1 is 0.357 bits per heavy atom. The lowest BCUT2D eigenvalue weighted by atomic mass is 9.88. The first-order valence-electron chi connectivity index (χ1n) is 15.0. The molecule has 0 fully saturated rings. The van der Waals surface area contributed by atoms with E-state index in [0.717, 1.165) is 0 Å². The van der Waals surface area contributed by atoms with E-state index in [0.29, 0.717) is 0 Å². The van der Waals surface area contributed by atoms with Gasteiger partial charge in [0.2, 0.25) is 0 Å². The quantitative estimate of drug-likeness (QED) is 0.192. The van der Waals surface area contributed by atoms with Gasteiger partial charge in [-0.05, 0) is 99.0 Å². The summed E-state index contributed by atoms with van der Waals surface area (Å²) in [6.45, 7) is 7.26. The Bertz CT molecular complexity index is 2460. The second kappa shape index (κ2) is 8.41. The minimum atomic E-state index is -1.38. The summed E-state index contributed by atoms with van der Waals surface area (Å²) in [4.78, 5) is 0. The summed E-state index contributed by atoms with van der Waals surface area (Å²) in [5.41, 5.74) is 5.19. The highest BCUT2D eigenvalue weighted by molar-refractivity contribution is 6.88. The molecule has 9 aromatic carbocycles. The Balaban J connectivity index is 1.55. The van der Waals surface area contributed by atoms with Gasteiger partial charge in [0, 0.05) is 0 Å². The number of benzene rings is 7. The van der Waals surface area contributed by atoms with Crippen molar-refractivity contribution in [2.75, 3.05) is 0 Å². The lowest BCUT2D eigenvalue weighted by Crippen LogP contribution is -2.37. The SMILES string of the molecule is C[Si](C)(C)c1ccc(-c2cc3c(-c4ccccc4)c4c5cccc6cccc(c65)c4c4c5ccccc5c(c2)c34)cc1. The second-order valence-electron chi connectivity index (χ2n) is 12.9. The van der Waals surface area contributed by atoms with Crippen LogP contribution < -0.4 is 5.19 Å². The molecule has 0 saturated heterocycles. The van der Waals surface area contributed by atoms with Crippen LogP contribution in [0.5, 0.6) is 0 Å². The van der Waals surface area contributed by atoms with Crippen LogP contribution in [-0.4, -0.2) is 8.07 Å². The van der Waals surface area contributed by atoms with E-state index in [2.05, 4.69) is 147 Å². The molecule has 0 N–H and O–H groups in total. The molecule has 198 valence electrons. The van der Waals surface area contributed by atoms with Gasteiger partial charge < -0.3 is 0 Å². The van der Waals surface area contributed by atoms with Crippen molar-refractivity contribution in [2.24, 2.45) is 0 Å². The van der Waals surface area contributed by atoms with Gasteiger partial charge in [-0.1, -0.05) is 140 Å². The predicted molar refractivity (Wildman–Crippen MR) is 188 cm³/mol. The van der Waals surface area contributed by atoms with Crippen LogP contribution in [0.15, 0.2) is 127 Å². The summed E-state index contributed by atoms with van der Waals surface area (Å²) >= 11 is 0. The van der Waals surface area contributed by atoms with Crippen molar-refractivity contribution < 1.29 is 0 Å². The average molecular weight is 551 g/mol. The minimum absolute atomic E-state index is 1.28. The van der Waals surface area contributed by atoms with Crippen LogP contribution in [0.4, 0.5) is 0 Å². The van der Waals surface area contributed by atoms with Crippen molar-refractivity contribution in [3.05, 3.63) is 127 Å². The number of hydrogen-bond acceptors (Lipinski definition) is 0. The molecule has 0 atom stereocenters. The Kier molecular flexibility index (Phi) is 4.79. The summed E-state index contributed by atoms with van der Waals surface area (Å²) in [5, 5.41) is 17.9. The van der Waals surface area contributed by atoms with E-state index in [1.54, 1.807) is 0 Å². The molecular formula is C41H30Si. The van der Waals surface area contributed by atoms with E-state index < -0.39 is 8.07 Å². The van der Waals surface area contributed by atoms with E-state index in [1.165, 1.54) is 92.1 Å².